The summed E-state index contributed by atoms with van der Waals surface area (Å²) in [7, 11) is 0. The molecule has 0 spiro atoms. The molecule has 16 heavy (non-hydrogen) atoms. The highest BCUT2D eigenvalue weighted by molar-refractivity contribution is 5.30. The lowest BCUT2D eigenvalue weighted by molar-refractivity contribution is 0.372. The Balaban J connectivity index is 1.93. The predicted molar refractivity (Wildman–Crippen MR) is 56.0 cm³/mol. The van der Waals surface area contributed by atoms with Crippen LogP contribution >= 0.6 is 0 Å². The Morgan fingerprint density at radius 3 is 3.00 bits per heavy atom. The van der Waals surface area contributed by atoms with Crippen LogP contribution < -0.4 is 5.32 Å². The third-order valence-corrected chi connectivity index (χ3v) is 2.10. The minimum absolute atomic E-state index is 0.451. The third kappa shape index (κ3) is 2.43. The van der Waals surface area contributed by atoms with Gasteiger partial charge in [0.05, 0.1) is 12.7 Å². The highest BCUT2D eigenvalue weighted by Gasteiger charge is 2.02. The molecule has 0 saturated carbocycles. The van der Waals surface area contributed by atoms with E-state index in [0.717, 1.165) is 11.3 Å². The molecule has 80 valence electrons. The molecule has 0 fully saturated rings. The van der Waals surface area contributed by atoms with Crippen molar-refractivity contribution in [1.29, 1.82) is 5.26 Å². The van der Waals surface area contributed by atoms with E-state index in [9.17, 15) is 0 Å². The predicted octanol–water partition coefficient (Wildman–Crippen LogP) is 1.23. The van der Waals surface area contributed by atoms with Gasteiger partial charge in [-0.05, 0) is 6.07 Å². The SMILES string of the molecule is N#Cc1ncccc1CNCc1ccno1. The van der Waals surface area contributed by atoms with E-state index in [1.54, 1.807) is 18.5 Å². The first-order valence-electron chi connectivity index (χ1n) is 4.84. The van der Waals surface area contributed by atoms with Crippen molar-refractivity contribution in [2.24, 2.45) is 0 Å². The maximum absolute atomic E-state index is 8.83. The zero-order valence-corrected chi connectivity index (χ0v) is 8.55. The number of aromatic nitrogens is 2. The highest BCUT2D eigenvalue weighted by Crippen LogP contribution is 2.04. The molecular weight excluding hydrogens is 204 g/mol. The second-order valence-corrected chi connectivity index (χ2v) is 3.21. The van der Waals surface area contributed by atoms with Crippen molar-refractivity contribution in [2.75, 3.05) is 0 Å². The maximum atomic E-state index is 8.83. The monoisotopic (exact) mass is 214 g/mol. The zero-order chi connectivity index (χ0) is 11.2. The van der Waals surface area contributed by atoms with Crippen molar-refractivity contribution >= 4 is 0 Å². The molecule has 2 heterocycles. The minimum Gasteiger partial charge on any atom is -0.360 e. The van der Waals surface area contributed by atoms with Crippen LogP contribution in [0.2, 0.25) is 0 Å². The van der Waals surface area contributed by atoms with Gasteiger partial charge in [-0.1, -0.05) is 11.2 Å². The minimum atomic E-state index is 0.451. The number of pyridine rings is 1. The Morgan fingerprint density at radius 1 is 1.31 bits per heavy atom. The van der Waals surface area contributed by atoms with E-state index >= 15 is 0 Å². The van der Waals surface area contributed by atoms with Crippen molar-refractivity contribution in [3.63, 3.8) is 0 Å². The van der Waals surface area contributed by atoms with Crippen LogP contribution in [-0.4, -0.2) is 10.1 Å². The molecule has 1 N–H and O–H groups in total. The summed E-state index contributed by atoms with van der Waals surface area (Å²) < 4.78 is 4.93. The van der Waals surface area contributed by atoms with E-state index in [2.05, 4.69) is 21.5 Å². The van der Waals surface area contributed by atoms with Crippen molar-refractivity contribution in [2.45, 2.75) is 13.1 Å². The summed E-state index contributed by atoms with van der Waals surface area (Å²) in [4.78, 5) is 3.98. The fraction of sp³-hybridized carbons (Fsp3) is 0.182. The quantitative estimate of drug-likeness (QED) is 0.828. The number of nitrogens with one attached hydrogen (secondary N) is 1. The molecule has 0 bridgehead atoms. The van der Waals surface area contributed by atoms with Gasteiger partial charge in [-0.3, -0.25) is 0 Å². The first-order valence-corrected chi connectivity index (χ1v) is 4.84. The Bertz CT molecular complexity index is 487. The molecule has 0 aliphatic carbocycles. The molecule has 0 aliphatic heterocycles. The van der Waals surface area contributed by atoms with Gasteiger partial charge in [0.2, 0.25) is 0 Å². The highest BCUT2D eigenvalue weighted by atomic mass is 16.5. The van der Waals surface area contributed by atoms with Gasteiger partial charge < -0.3 is 9.84 Å². The maximum Gasteiger partial charge on any atom is 0.150 e. The first kappa shape index (κ1) is 10.3. The summed E-state index contributed by atoms with van der Waals surface area (Å²) in [6.07, 6.45) is 3.21. The van der Waals surface area contributed by atoms with Crippen molar-refractivity contribution in [1.82, 2.24) is 15.5 Å². The smallest absolute Gasteiger partial charge is 0.150 e. The van der Waals surface area contributed by atoms with Gasteiger partial charge in [0.1, 0.15) is 17.5 Å². The van der Waals surface area contributed by atoms with Crippen LogP contribution in [0.25, 0.3) is 0 Å². The summed E-state index contributed by atoms with van der Waals surface area (Å²) in [5, 5.41) is 15.6. The molecule has 2 aromatic heterocycles. The largest absolute Gasteiger partial charge is 0.360 e. The number of hydrogen-bond donors (Lipinski definition) is 1. The van der Waals surface area contributed by atoms with Gasteiger partial charge in [-0.25, -0.2) is 4.98 Å². The van der Waals surface area contributed by atoms with E-state index in [0.29, 0.717) is 18.8 Å². The molecule has 2 rings (SSSR count). The summed E-state index contributed by atoms with van der Waals surface area (Å²) >= 11 is 0. The van der Waals surface area contributed by atoms with Crippen LogP contribution in [0.5, 0.6) is 0 Å². The first-order chi connectivity index (χ1) is 7.90. The van der Waals surface area contributed by atoms with Gasteiger partial charge in [0.15, 0.2) is 0 Å². The summed E-state index contributed by atoms with van der Waals surface area (Å²) in [5.74, 6) is 0.766. The van der Waals surface area contributed by atoms with Crippen LogP contribution in [0.1, 0.15) is 17.0 Å². The van der Waals surface area contributed by atoms with Gasteiger partial charge in [0.25, 0.3) is 0 Å². The Morgan fingerprint density at radius 2 is 2.25 bits per heavy atom. The zero-order valence-electron chi connectivity index (χ0n) is 8.55. The van der Waals surface area contributed by atoms with Crippen LogP contribution in [0.3, 0.4) is 0 Å². The molecule has 0 aromatic carbocycles. The summed E-state index contributed by atoms with van der Waals surface area (Å²) in [6.45, 7) is 1.16. The van der Waals surface area contributed by atoms with Gasteiger partial charge in [-0.15, -0.1) is 0 Å². The van der Waals surface area contributed by atoms with E-state index in [4.69, 9.17) is 9.78 Å². The van der Waals surface area contributed by atoms with Gasteiger partial charge >= 0.3 is 0 Å². The molecule has 0 radical (unpaired) electrons. The van der Waals surface area contributed by atoms with Crippen LogP contribution in [0, 0.1) is 11.3 Å². The summed E-state index contributed by atoms with van der Waals surface area (Å²) in [5.41, 5.74) is 1.33. The lowest BCUT2D eigenvalue weighted by Gasteiger charge is -2.03. The Kier molecular flexibility index (Phi) is 3.26. The normalized spacial score (nSPS) is 9.94. The average Bonchev–Trinajstić information content (AvgIpc) is 2.83. The number of nitriles is 1. The molecule has 2 aromatic rings. The van der Waals surface area contributed by atoms with Crippen molar-refractivity contribution in [3.05, 3.63) is 47.6 Å². The lowest BCUT2D eigenvalue weighted by atomic mass is 10.2. The Labute approximate surface area is 92.7 Å². The Hall–Kier alpha value is -2.19. The summed E-state index contributed by atoms with van der Waals surface area (Å²) in [6, 6.07) is 7.53. The molecule has 5 heteroatoms. The van der Waals surface area contributed by atoms with Crippen LogP contribution in [0.15, 0.2) is 35.1 Å². The van der Waals surface area contributed by atoms with Crippen molar-refractivity contribution < 1.29 is 4.52 Å². The lowest BCUT2D eigenvalue weighted by Crippen LogP contribution is -2.13. The fourth-order valence-electron chi connectivity index (χ4n) is 1.34. The molecule has 0 saturated heterocycles. The number of hydrogen-bond acceptors (Lipinski definition) is 5. The average molecular weight is 214 g/mol. The van der Waals surface area contributed by atoms with Gasteiger partial charge in [0, 0.05) is 24.4 Å². The standard InChI is InChI=1S/C11H10N4O/c12-6-11-9(2-1-4-14-11)7-13-8-10-3-5-15-16-10/h1-5,13H,7-8H2. The second kappa shape index (κ2) is 5.05. The number of rotatable bonds is 4. The van der Waals surface area contributed by atoms with E-state index in [1.165, 1.54) is 0 Å². The second-order valence-electron chi connectivity index (χ2n) is 3.21. The molecule has 0 amide bonds. The van der Waals surface area contributed by atoms with E-state index in [1.807, 2.05) is 12.1 Å². The molecule has 0 aliphatic rings. The molecular formula is C11H10N4O. The van der Waals surface area contributed by atoms with Gasteiger partial charge in [-0.2, -0.15) is 5.26 Å². The van der Waals surface area contributed by atoms with E-state index in [-0.39, 0.29) is 0 Å². The van der Waals surface area contributed by atoms with Crippen LogP contribution in [0.4, 0.5) is 0 Å². The molecule has 0 unspecified atom stereocenters. The van der Waals surface area contributed by atoms with E-state index < -0.39 is 0 Å². The molecule has 0 atom stereocenters. The fourth-order valence-corrected chi connectivity index (χ4v) is 1.34. The van der Waals surface area contributed by atoms with Crippen molar-refractivity contribution in [3.8, 4) is 6.07 Å². The van der Waals surface area contributed by atoms with Crippen LogP contribution in [-0.2, 0) is 13.1 Å². The topological polar surface area (TPSA) is 74.7 Å². The molecule has 5 nitrogen and oxygen atoms in total. The number of nitrogens with zero attached hydrogens (tertiary/aromatic N) is 3. The third-order valence-electron chi connectivity index (χ3n) is 2.10.